The van der Waals surface area contributed by atoms with E-state index in [1.54, 1.807) is 27.7 Å². The van der Waals surface area contributed by atoms with Crippen molar-refractivity contribution in [1.29, 1.82) is 0 Å². The first kappa shape index (κ1) is 13.3. The van der Waals surface area contributed by atoms with E-state index in [9.17, 15) is 19.8 Å². The van der Waals surface area contributed by atoms with Gasteiger partial charge in [-0.05, 0) is 37.0 Å². The standard InChI is InChI=1S/C15H16O4/c1-6(2)9-5-10(16)11-12(15(9)19)14(18)8(4)7(3)13(11)17/h5-6,17-18H,1-4H3. The summed E-state index contributed by atoms with van der Waals surface area (Å²) < 4.78 is 0. The van der Waals surface area contributed by atoms with Crippen LogP contribution in [0.5, 0.6) is 11.5 Å². The van der Waals surface area contributed by atoms with Crippen molar-refractivity contribution in [1.82, 2.24) is 0 Å². The van der Waals surface area contributed by atoms with Gasteiger partial charge in [0.1, 0.15) is 11.5 Å². The molecule has 0 atom stereocenters. The van der Waals surface area contributed by atoms with Crippen molar-refractivity contribution >= 4 is 11.6 Å². The topological polar surface area (TPSA) is 74.6 Å². The SMILES string of the molecule is Cc1c(C)c(O)c2c(c1O)C(=O)C=C(C(C)C)C2=O. The molecule has 19 heavy (non-hydrogen) atoms. The fourth-order valence-corrected chi connectivity index (χ4v) is 2.28. The Labute approximate surface area is 111 Å². The van der Waals surface area contributed by atoms with Crippen molar-refractivity contribution < 1.29 is 19.8 Å². The molecule has 0 spiro atoms. The van der Waals surface area contributed by atoms with E-state index in [0.29, 0.717) is 16.7 Å². The molecule has 2 rings (SSSR count). The van der Waals surface area contributed by atoms with E-state index >= 15 is 0 Å². The molecule has 0 bridgehead atoms. The molecule has 1 aliphatic rings. The van der Waals surface area contributed by atoms with Crippen molar-refractivity contribution in [3.63, 3.8) is 0 Å². The number of phenols is 2. The van der Waals surface area contributed by atoms with E-state index in [1.165, 1.54) is 6.08 Å². The van der Waals surface area contributed by atoms with E-state index < -0.39 is 5.78 Å². The summed E-state index contributed by atoms with van der Waals surface area (Å²) in [5, 5.41) is 20.2. The van der Waals surface area contributed by atoms with Crippen LogP contribution in [0.1, 0.15) is 45.7 Å². The summed E-state index contributed by atoms with van der Waals surface area (Å²) in [7, 11) is 0. The van der Waals surface area contributed by atoms with E-state index in [4.69, 9.17) is 0 Å². The summed E-state index contributed by atoms with van der Waals surface area (Å²) >= 11 is 0. The zero-order valence-corrected chi connectivity index (χ0v) is 11.4. The maximum atomic E-state index is 12.3. The molecular formula is C15H16O4. The average molecular weight is 260 g/mol. The van der Waals surface area contributed by atoms with E-state index in [0.717, 1.165) is 0 Å². The number of carbonyl (C=O) groups excluding carboxylic acids is 2. The fourth-order valence-electron chi connectivity index (χ4n) is 2.28. The Morgan fingerprint density at radius 3 is 1.89 bits per heavy atom. The van der Waals surface area contributed by atoms with Crippen LogP contribution in [0.4, 0.5) is 0 Å². The van der Waals surface area contributed by atoms with Crippen molar-refractivity contribution in [2.75, 3.05) is 0 Å². The highest BCUT2D eigenvalue weighted by atomic mass is 16.3. The van der Waals surface area contributed by atoms with Crippen LogP contribution in [0.15, 0.2) is 11.6 Å². The smallest absolute Gasteiger partial charge is 0.194 e. The van der Waals surface area contributed by atoms with Gasteiger partial charge in [-0.2, -0.15) is 0 Å². The molecule has 0 saturated carbocycles. The molecule has 1 aromatic rings. The molecule has 0 amide bonds. The number of phenolic OH excluding ortho intramolecular Hbond substituents is 2. The van der Waals surface area contributed by atoms with Gasteiger partial charge in [0.2, 0.25) is 0 Å². The Morgan fingerprint density at radius 1 is 0.947 bits per heavy atom. The highest BCUT2D eigenvalue weighted by molar-refractivity contribution is 6.27. The number of ketones is 2. The normalized spacial score (nSPS) is 14.7. The zero-order valence-electron chi connectivity index (χ0n) is 11.4. The number of carbonyl (C=O) groups is 2. The number of rotatable bonds is 1. The summed E-state index contributed by atoms with van der Waals surface area (Å²) in [6.45, 7) is 6.82. The third-order valence-corrected chi connectivity index (χ3v) is 3.64. The third kappa shape index (κ3) is 1.75. The minimum Gasteiger partial charge on any atom is -0.507 e. The van der Waals surface area contributed by atoms with Crippen LogP contribution >= 0.6 is 0 Å². The minimum atomic E-state index is -0.436. The second-order valence-electron chi connectivity index (χ2n) is 5.14. The lowest BCUT2D eigenvalue weighted by Crippen LogP contribution is -2.21. The van der Waals surface area contributed by atoms with E-state index in [2.05, 4.69) is 0 Å². The Kier molecular flexibility index (Phi) is 2.97. The molecule has 0 heterocycles. The third-order valence-electron chi connectivity index (χ3n) is 3.64. The fraction of sp³-hybridized carbons (Fsp3) is 0.333. The van der Waals surface area contributed by atoms with E-state index in [1.807, 2.05) is 0 Å². The van der Waals surface area contributed by atoms with Crippen molar-refractivity contribution in [3.8, 4) is 11.5 Å². The molecule has 1 aromatic carbocycles. The summed E-state index contributed by atoms with van der Waals surface area (Å²) in [6, 6.07) is 0. The Hall–Kier alpha value is -2.10. The second-order valence-corrected chi connectivity index (χ2v) is 5.14. The molecule has 0 radical (unpaired) electrons. The lowest BCUT2D eigenvalue weighted by molar-refractivity contribution is 0.0971. The van der Waals surface area contributed by atoms with Gasteiger partial charge in [-0.25, -0.2) is 0 Å². The van der Waals surface area contributed by atoms with Gasteiger partial charge < -0.3 is 10.2 Å². The van der Waals surface area contributed by atoms with Gasteiger partial charge in [0, 0.05) is 5.57 Å². The lowest BCUT2D eigenvalue weighted by Gasteiger charge is -2.21. The first-order valence-electron chi connectivity index (χ1n) is 6.13. The molecule has 0 aliphatic heterocycles. The number of benzene rings is 1. The molecule has 4 nitrogen and oxygen atoms in total. The van der Waals surface area contributed by atoms with Crippen molar-refractivity contribution in [2.24, 2.45) is 5.92 Å². The monoisotopic (exact) mass is 260 g/mol. The van der Waals surface area contributed by atoms with Crippen LogP contribution in [0.2, 0.25) is 0 Å². The molecule has 4 heteroatoms. The Balaban J connectivity index is 2.84. The first-order chi connectivity index (χ1) is 8.77. The summed E-state index contributed by atoms with van der Waals surface area (Å²) in [4.78, 5) is 24.4. The Bertz CT molecular complexity index is 636. The molecule has 100 valence electrons. The lowest BCUT2D eigenvalue weighted by atomic mass is 9.81. The van der Waals surface area contributed by atoms with Gasteiger partial charge in [-0.15, -0.1) is 0 Å². The van der Waals surface area contributed by atoms with E-state index in [-0.39, 0.29) is 34.3 Å². The minimum absolute atomic E-state index is 0.0724. The highest BCUT2D eigenvalue weighted by Crippen LogP contribution is 2.41. The van der Waals surface area contributed by atoms with Crippen LogP contribution in [0, 0.1) is 19.8 Å². The molecule has 0 saturated heterocycles. The van der Waals surface area contributed by atoms with Crippen LogP contribution in [-0.4, -0.2) is 21.8 Å². The number of hydrogen-bond acceptors (Lipinski definition) is 4. The van der Waals surface area contributed by atoms with Gasteiger partial charge in [0.15, 0.2) is 11.6 Å². The number of hydrogen-bond donors (Lipinski definition) is 2. The highest BCUT2D eigenvalue weighted by Gasteiger charge is 2.34. The quantitative estimate of drug-likeness (QED) is 0.761. The van der Waals surface area contributed by atoms with Gasteiger partial charge in [0.05, 0.1) is 11.1 Å². The summed E-state index contributed by atoms with van der Waals surface area (Å²) in [5.41, 5.74) is 1.03. The maximum absolute atomic E-state index is 12.3. The summed E-state index contributed by atoms with van der Waals surface area (Å²) in [5.74, 6) is -1.37. The molecular weight excluding hydrogens is 244 g/mol. The van der Waals surface area contributed by atoms with Gasteiger partial charge in [0.25, 0.3) is 0 Å². The van der Waals surface area contributed by atoms with Crippen LogP contribution in [-0.2, 0) is 0 Å². The van der Waals surface area contributed by atoms with Gasteiger partial charge in [-0.1, -0.05) is 13.8 Å². The molecule has 0 aromatic heterocycles. The zero-order chi connectivity index (χ0) is 14.5. The summed E-state index contributed by atoms with van der Waals surface area (Å²) in [6.07, 6.45) is 1.25. The van der Waals surface area contributed by atoms with Crippen LogP contribution < -0.4 is 0 Å². The molecule has 1 aliphatic carbocycles. The average Bonchev–Trinajstić information content (AvgIpc) is 2.35. The number of fused-ring (bicyclic) bond motifs is 1. The second kappa shape index (κ2) is 4.23. The largest absolute Gasteiger partial charge is 0.507 e. The predicted octanol–water partition coefficient (Wildman–Crippen LogP) is 2.68. The van der Waals surface area contributed by atoms with Crippen molar-refractivity contribution in [3.05, 3.63) is 33.9 Å². The molecule has 0 fully saturated rings. The Morgan fingerprint density at radius 2 is 1.42 bits per heavy atom. The number of allylic oxidation sites excluding steroid dienone is 2. The molecule has 2 N–H and O–H groups in total. The van der Waals surface area contributed by atoms with Crippen LogP contribution in [0.3, 0.4) is 0 Å². The van der Waals surface area contributed by atoms with Gasteiger partial charge in [-0.3, -0.25) is 9.59 Å². The first-order valence-corrected chi connectivity index (χ1v) is 6.13. The van der Waals surface area contributed by atoms with Crippen LogP contribution in [0.25, 0.3) is 0 Å². The number of aromatic hydroxyl groups is 2. The maximum Gasteiger partial charge on any atom is 0.194 e. The van der Waals surface area contributed by atoms with Gasteiger partial charge >= 0.3 is 0 Å². The predicted molar refractivity (Wildman–Crippen MR) is 70.8 cm³/mol. The number of Topliss-reactive ketones (excluding diaryl/α,β-unsaturated/α-hetero) is 1. The van der Waals surface area contributed by atoms with Crippen molar-refractivity contribution in [2.45, 2.75) is 27.7 Å². The molecule has 0 unspecified atom stereocenters.